The van der Waals surface area contributed by atoms with E-state index in [2.05, 4.69) is 22.1 Å². The zero-order chi connectivity index (χ0) is 22.0. The monoisotopic (exact) mass is 433 g/mol. The quantitative estimate of drug-likeness (QED) is 0.637. The molecule has 31 heavy (non-hydrogen) atoms. The smallest absolute Gasteiger partial charge is 0.255 e. The molecule has 2 heterocycles. The molecule has 0 radical (unpaired) electrons. The summed E-state index contributed by atoms with van der Waals surface area (Å²) in [6.45, 7) is 4.60. The fourth-order valence-corrected chi connectivity index (χ4v) is 4.59. The van der Waals surface area contributed by atoms with Crippen LogP contribution in [-0.4, -0.2) is 29.2 Å². The van der Waals surface area contributed by atoms with Gasteiger partial charge in [0, 0.05) is 47.4 Å². The van der Waals surface area contributed by atoms with Crippen LogP contribution in [0.4, 0.5) is 11.4 Å². The molecule has 0 unspecified atom stereocenters. The fraction of sp³-hybridized carbons (Fsp3) is 0.208. The molecule has 1 aliphatic rings. The summed E-state index contributed by atoms with van der Waals surface area (Å²) in [6, 6.07) is 14.1. The minimum atomic E-state index is -0.275. The van der Waals surface area contributed by atoms with Crippen LogP contribution < -0.4 is 10.6 Å². The molecule has 7 heteroatoms. The second kappa shape index (κ2) is 8.73. The van der Waals surface area contributed by atoms with E-state index in [4.69, 9.17) is 0 Å². The Labute approximate surface area is 184 Å². The van der Waals surface area contributed by atoms with E-state index >= 15 is 0 Å². The Morgan fingerprint density at radius 2 is 1.77 bits per heavy atom. The summed E-state index contributed by atoms with van der Waals surface area (Å²) in [6.07, 6.45) is 0.878. The SMILES string of the molecule is CC(=O)Nc1ccc(C(=O)Nc2cccc(C(=O)N3CCc4sccc4C3)c2C)cc1. The van der Waals surface area contributed by atoms with Crippen LogP contribution in [0.3, 0.4) is 0 Å². The number of benzene rings is 2. The zero-order valence-electron chi connectivity index (χ0n) is 17.4. The molecule has 1 aromatic heterocycles. The summed E-state index contributed by atoms with van der Waals surface area (Å²) in [5, 5.41) is 7.65. The van der Waals surface area contributed by atoms with Gasteiger partial charge in [-0.15, -0.1) is 11.3 Å². The number of carbonyl (C=O) groups is 3. The maximum atomic E-state index is 13.2. The first-order valence-electron chi connectivity index (χ1n) is 10.1. The Hall–Kier alpha value is -3.45. The number of fused-ring (bicyclic) bond motifs is 1. The third-order valence-electron chi connectivity index (χ3n) is 5.37. The molecule has 158 valence electrons. The van der Waals surface area contributed by atoms with Crippen molar-refractivity contribution in [2.45, 2.75) is 26.8 Å². The van der Waals surface area contributed by atoms with Gasteiger partial charge in [0.15, 0.2) is 0 Å². The topological polar surface area (TPSA) is 78.5 Å². The molecule has 0 bridgehead atoms. The summed E-state index contributed by atoms with van der Waals surface area (Å²) in [5.74, 6) is -0.466. The van der Waals surface area contributed by atoms with Crippen molar-refractivity contribution in [2.24, 2.45) is 0 Å². The van der Waals surface area contributed by atoms with E-state index in [9.17, 15) is 14.4 Å². The van der Waals surface area contributed by atoms with E-state index in [0.29, 0.717) is 35.6 Å². The first-order chi connectivity index (χ1) is 14.9. The van der Waals surface area contributed by atoms with Crippen LogP contribution >= 0.6 is 11.3 Å². The number of anilines is 2. The summed E-state index contributed by atoms with van der Waals surface area (Å²) < 4.78 is 0. The molecule has 0 spiro atoms. The van der Waals surface area contributed by atoms with Gasteiger partial charge in [-0.25, -0.2) is 0 Å². The molecule has 0 saturated heterocycles. The number of thiophene rings is 1. The Kier molecular flexibility index (Phi) is 5.86. The minimum absolute atomic E-state index is 0.0230. The average molecular weight is 434 g/mol. The molecule has 2 aromatic carbocycles. The van der Waals surface area contributed by atoms with Crippen LogP contribution in [0.25, 0.3) is 0 Å². The van der Waals surface area contributed by atoms with Crippen molar-refractivity contribution >= 4 is 40.4 Å². The van der Waals surface area contributed by atoms with Crippen molar-refractivity contribution in [1.29, 1.82) is 0 Å². The molecule has 6 nitrogen and oxygen atoms in total. The van der Waals surface area contributed by atoms with E-state index in [1.165, 1.54) is 17.4 Å². The van der Waals surface area contributed by atoms with Crippen LogP contribution in [0.2, 0.25) is 0 Å². The predicted octanol–water partition coefficient (Wildman–Crippen LogP) is 4.47. The summed E-state index contributed by atoms with van der Waals surface area (Å²) >= 11 is 1.74. The Morgan fingerprint density at radius 3 is 2.52 bits per heavy atom. The van der Waals surface area contributed by atoms with Gasteiger partial charge in [-0.05, 0) is 72.3 Å². The van der Waals surface area contributed by atoms with E-state index in [0.717, 1.165) is 12.0 Å². The zero-order valence-corrected chi connectivity index (χ0v) is 18.2. The first kappa shape index (κ1) is 20.8. The average Bonchev–Trinajstić information content (AvgIpc) is 3.22. The minimum Gasteiger partial charge on any atom is -0.334 e. The highest BCUT2D eigenvalue weighted by atomic mass is 32.1. The third kappa shape index (κ3) is 4.51. The third-order valence-corrected chi connectivity index (χ3v) is 6.40. The van der Waals surface area contributed by atoms with Gasteiger partial charge in [0.05, 0.1) is 0 Å². The molecule has 4 rings (SSSR count). The maximum Gasteiger partial charge on any atom is 0.255 e. The van der Waals surface area contributed by atoms with Crippen molar-refractivity contribution in [1.82, 2.24) is 4.90 Å². The molecule has 0 saturated carbocycles. The van der Waals surface area contributed by atoms with Crippen molar-refractivity contribution in [2.75, 3.05) is 17.2 Å². The molecule has 2 N–H and O–H groups in total. The number of hydrogen-bond donors (Lipinski definition) is 2. The van der Waals surface area contributed by atoms with Crippen molar-refractivity contribution in [3.63, 3.8) is 0 Å². The van der Waals surface area contributed by atoms with Crippen LogP contribution in [0, 0.1) is 6.92 Å². The molecule has 1 aliphatic heterocycles. The molecular weight excluding hydrogens is 410 g/mol. The van der Waals surface area contributed by atoms with Gasteiger partial charge in [-0.1, -0.05) is 6.07 Å². The molecule has 3 amide bonds. The number of nitrogens with zero attached hydrogens (tertiary/aromatic N) is 1. The number of amides is 3. The molecule has 0 atom stereocenters. The highest BCUT2D eigenvalue weighted by Crippen LogP contribution is 2.27. The van der Waals surface area contributed by atoms with Crippen LogP contribution in [0.5, 0.6) is 0 Å². The van der Waals surface area contributed by atoms with Gasteiger partial charge >= 0.3 is 0 Å². The van der Waals surface area contributed by atoms with E-state index in [1.54, 1.807) is 53.8 Å². The van der Waals surface area contributed by atoms with Gasteiger partial charge in [0.1, 0.15) is 0 Å². The van der Waals surface area contributed by atoms with E-state index in [-0.39, 0.29) is 17.7 Å². The maximum absolute atomic E-state index is 13.2. The summed E-state index contributed by atoms with van der Waals surface area (Å²) in [7, 11) is 0. The Balaban J connectivity index is 1.49. The Bertz CT molecular complexity index is 1150. The highest BCUT2D eigenvalue weighted by molar-refractivity contribution is 7.10. The van der Waals surface area contributed by atoms with Crippen molar-refractivity contribution < 1.29 is 14.4 Å². The lowest BCUT2D eigenvalue weighted by molar-refractivity contribution is -0.114. The van der Waals surface area contributed by atoms with Crippen LogP contribution in [0.1, 0.15) is 43.6 Å². The molecular formula is C24H23N3O3S. The lowest BCUT2D eigenvalue weighted by Crippen LogP contribution is -2.35. The van der Waals surface area contributed by atoms with E-state index < -0.39 is 0 Å². The largest absolute Gasteiger partial charge is 0.334 e. The number of hydrogen-bond acceptors (Lipinski definition) is 4. The molecule has 0 aliphatic carbocycles. The van der Waals surface area contributed by atoms with Crippen molar-refractivity contribution in [3.8, 4) is 0 Å². The van der Waals surface area contributed by atoms with Gasteiger partial charge in [0.2, 0.25) is 5.91 Å². The Morgan fingerprint density at radius 1 is 1.00 bits per heavy atom. The number of rotatable bonds is 4. The van der Waals surface area contributed by atoms with Crippen molar-refractivity contribution in [3.05, 3.63) is 81.0 Å². The summed E-state index contributed by atoms with van der Waals surface area (Å²) in [4.78, 5) is 40.2. The number of carbonyl (C=O) groups excluding carboxylic acids is 3. The lowest BCUT2D eigenvalue weighted by atomic mass is 10.0. The molecule has 3 aromatic rings. The second-order valence-electron chi connectivity index (χ2n) is 7.54. The lowest BCUT2D eigenvalue weighted by Gasteiger charge is -2.28. The second-order valence-corrected chi connectivity index (χ2v) is 8.54. The van der Waals surface area contributed by atoms with Gasteiger partial charge in [0.25, 0.3) is 11.8 Å². The fourth-order valence-electron chi connectivity index (χ4n) is 3.70. The van der Waals surface area contributed by atoms with Gasteiger partial charge < -0.3 is 15.5 Å². The normalized spacial score (nSPS) is 12.8. The van der Waals surface area contributed by atoms with E-state index in [1.807, 2.05) is 11.8 Å². The van der Waals surface area contributed by atoms with Crippen LogP contribution in [-0.2, 0) is 17.8 Å². The van der Waals surface area contributed by atoms with Crippen LogP contribution in [0.15, 0.2) is 53.9 Å². The van der Waals surface area contributed by atoms with Gasteiger partial charge in [-0.2, -0.15) is 0 Å². The number of nitrogens with one attached hydrogen (secondary N) is 2. The standard InChI is InChI=1S/C24H23N3O3S/c1-15-20(24(30)27-12-10-22-18(14-27)11-13-31-22)4-3-5-21(15)26-23(29)17-6-8-19(9-7-17)25-16(2)28/h3-9,11,13H,10,12,14H2,1-2H3,(H,25,28)(H,26,29). The predicted molar refractivity (Wildman–Crippen MR) is 123 cm³/mol. The summed E-state index contributed by atoms with van der Waals surface area (Å²) in [5.41, 5.74) is 4.25. The first-order valence-corrected chi connectivity index (χ1v) is 10.9. The van der Waals surface area contributed by atoms with Gasteiger partial charge in [-0.3, -0.25) is 14.4 Å². The molecule has 0 fully saturated rings. The highest BCUT2D eigenvalue weighted by Gasteiger charge is 2.24.